The third kappa shape index (κ3) is 3.47. The van der Waals surface area contributed by atoms with Crippen LogP contribution in [0.1, 0.15) is 38.0 Å². The van der Waals surface area contributed by atoms with Crippen molar-refractivity contribution < 1.29 is 12.8 Å². The normalized spacial score (nSPS) is 16.0. The van der Waals surface area contributed by atoms with Gasteiger partial charge in [-0.2, -0.15) is 0 Å². The molecule has 0 spiro atoms. The molecule has 3 aromatic carbocycles. The van der Waals surface area contributed by atoms with E-state index < -0.39 is 14.6 Å². The maximum absolute atomic E-state index is 14.0. The minimum absolute atomic E-state index is 0.304. The van der Waals surface area contributed by atoms with Gasteiger partial charge in [-0.3, -0.25) is 0 Å². The van der Waals surface area contributed by atoms with Crippen LogP contribution in [0.5, 0.6) is 0 Å². The average molecular weight is 444 g/mol. The Labute approximate surface area is 188 Å². The highest BCUT2D eigenvalue weighted by atomic mass is 32.2. The van der Waals surface area contributed by atoms with Crippen LogP contribution in [-0.4, -0.2) is 13.4 Å². The average Bonchev–Trinajstić information content (AvgIpc) is 3.32. The SMILES string of the molecule is O=S(=O)(c1ccccc1)C1(c2nc(-c3ccccc3)c(-c3ccccc3)o2)CCCCC1. The molecule has 1 aliphatic rings. The van der Waals surface area contributed by atoms with E-state index in [9.17, 15) is 8.42 Å². The van der Waals surface area contributed by atoms with Crippen LogP contribution in [0.4, 0.5) is 0 Å². The maximum Gasteiger partial charge on any atom is 0.217 e. The molecule has 1 aromatic heterocycles. The molecule has 0 unspecified atom stereocenters. The molecule has 5 heteroatoms. The van der Waals surface area contributed by atoms with Crippen molar-refractivity contribution in [1.82, 2.24) is 4.98 Å². The lowest BCUT2D eigenvalue weighted by molar-refractivity contribution is 0.316. The summed E-state index contributed by atoms with van der Waals surface area (Å²) in [5, 5.41) is 0. The smallest absolute Gasteiger partial charge is 0.217 e. The van der Waals surface area contributed by atoms with Crippen LogP contribution in [-0.2, 0) is 14.6 Å². The van der Waals surface area contributed by atoms with Gasteiger partial charge in [0.2, 0.25) is 5.89 Å². The second-order valence-corrected chi connectivity index (χ2v) is 10.6. The fraction of sp³-hybridized carbons (Fsp3) is 0.222. The van der Waals surface area contributed by atoms with Crippen molar-refractivity contribution in [3.8, 4) is 22.6 Å². The Hall–Kier alpha value is -3.18. The quantitative estimate of drug-likeness (QED) is 0.347. The lowest BCUT2D eigenvalue weighted by Gasteiger charge is -2.33. The minimum Gasteiger partial charge on any atom is -0.438 e. The van der Waals surface area contributed by atoms with Gasteiger partial charge in [-0.05, 0) is 25.0 Å². The molecule has 1 saturated carbocycles. The standard InChI is InChI=1S/C27H25NO3S/c29-32(30,23-17-9-3-10-18-23)27(19-11-4-12-20-27)26-28-24(21-13-5-1-6-14-21)25(31-26)22-15-7-2-8-16-22/h1-3,5-10,13-18H,4,11-12,19-20H2. The first-order valence-corrected chi connectivity index (χ1v) is 12.5. The predicted octanol–water partition coefficient (Wildman–Crippen LogP) is 6.64. The summed E-state index contributed by atoms with van der Waals surface area (Å²) in [6.07, 6.45) is 3.69. The first kappa shape index (κ1) is 20.7. The molecule has 1 aliphatic carbocycles. The van der Waals surface area contributed by atoms with Crippen molar-refractivity contribution in [3.63, 3.8) is 0 Å². The molecule has 162 valence electrons. The summed E-state index contributed by atoms with van der Waals surface area (Å²) in [6, 6.07) is 28.3. The zero-order valence-electron chi connectivity index (χ0n) is 17.8. The molecule has 0 bridgehead atoms. The molecule has 0 aliphatic heterocycles. The number of aromatic nitrogens is 1. The molecule has 32 heavy (non-hydrogen) atoms. The Balaban J connectivity index is 1.74. The van der Waals surface area contributed by atoms with Gasteiger partial charge in [-0.15, -0.1) is 0 Å². The van der Waals surface area contributed by atoms with Gasteiger partial charge >= 0.3 is 0 Å². The summed E-state index contributed by atoms with van der Waals surface area (Å²) in [5.41, 5.74) is 2.47. The molecule has 0 atom stereocenters. The summed E-state index contributed by atoms with van der Waals surface area (Å²) < 4.78 is 33.3. The molecule has 4 nitrogen and oxygen atoms in total. The van der Waals surface area contributed by atoms with Crippen LogP contribution in [0.25, 0.3) is 22.6 Å². The van der Waals surface area contributed by atoms with E-state index in [2.05, 4.69) is 0 Å². The Morgan fingerprint density at radius 3 is 1.81 bits per heavy atom. The Bertz CT molecular complexity index is 1230. The topological polar surface area (TPSA) is 60.2 Å². The second kappa shape index (κ2) is 8.40. The Morgan fingerprint density at radius 1 is 0.688 bits per heavy atom. The second-order valence-electron chi connectivity index (χ2n) is 8.30. The van der Waals surface area contributed by atoms with Crippen LogP contribution in [0.3, 0.4) is 0 Å². The van der Waals surface area contributed by atoms with E-state index in [4.69, 9.17) is 9.40 Å². The molecule has 0 amide bonds. The Kier molecular flexibility index (Phi) is 5.43. The van der Waals surface area contributed by atoms with Gasteiger partial charge in [0.05, 0.1) is 4.90 Å². The number of nitrogens with zero attached hydrogens (tertiary/aromatic N) is 1. The van der Waals surface area contributed by atoms with E-state index >= 15 is 0 Å². The predicted molar refractivity (Wildman–Crippen MR) is 126 cm³/mol. The highest BCUT2D eigenvalue weighted by molar-refractivity contribution is 7.92. The van der Waals surface area contributed by atoms with E-state index in [-0.39, 0.29) is 0 Å². The number of sulfone groups is 1. The van der Waals surface area contributed by atoms with E-state index in [0.717, 1.165) is 30.4 Å². The van der Waals surface area contributed by atoms with Gasteiger partial charge in [0.15, 0.2) is 20.3 Å². The highest BCUT2D eigenvalue weighted by Crippen LogP contribution is 2.48. The number of benzene rings is 3. The third-order valence-electron chi connectivity index (χ3n) is 6.33. The van der Waals surface area contributed by atoms with Crippen molar-refractivity contribution in [3.05, 3.63) is 96.9 Å². The van der Waals surface area contributed by atoms with E-state index in [1.807, 2.05) is 66.7 Å². The number of hydrogen-bond acceptors (Lipinski definition) is 4. The van der Waals surface area contributed by atoms with Crippen LogP contribution >= 0.6 is 0 Å². The van der Waals surface area contributed by atoms with Crippen molar-refractivity contribution in [2.45, 2.75) is 41.7 Å². The van der Waals surface area contributed by atoms with Gasteiger partial charge in [0.1, 0.15) is 5.69 Å². The van der Waals surface area contributed by atoms with Gasteiger partial charge < -0.3 is 4.42 Å². The molecule has 5 rings (SSSR count). The van der Waals surface area contributed by atoms with E-state index in [1.165, 1.54) is 0 Å². The van der Waals surface area contributed by atoms with Gasteiger partial charge in [0.25, 0.3) is 0 Å². The third-order valence-corrected chi connectivity index (χ3v) is 8.83. The van der Waals surface area contributed by atoms with Gasteiger partial charge in [-0.25, -0.2) is 13.4 Å². The number of oxazole rings is 1. The molecule has 0 radical (unpaired) electrons. The van der Waals surface area contributed by atoms with Crippen LogP contribution in [0.2, 0.25) is 0 Å². The lowest BCUT2D eigenvalue weighted by Crippen LogP contribution is -2.38. The van der Waals surface area contributed by atoms with Crippen LogP contribution in [0.15, 0.2) is 100 Å². The first-order chi connectivity index (χ1) is 15.6. The molecule has 4 aromatic rings. The van der Waals surface area contributed by atoms with Crippen LogP contribution in [0, 0.1) is 0 Å². The lowest BCUT2D eigenvalue weighted by atomic mass is 9.88. The minimum atomic E-state index is -3.70. The largest absolute Gasteiger partial charge is 0.438 e. The fourth-order valence-corrected chi connectivity index (χ4v) is 6.75. The number of hydrogen-bond donors (Lipinski definition) is 0. The summed E-state index contributed by atoms with van der Waals surface area (Å²) in [7, 11) is -3.70. The van der Waals surface area contributed by atoms with Crippen molar-refractivity contribution >= 4 is 9.84 Å². The summed E-state index contributed by atoms with van der Waals surface area (Å²) in [4.78, 5) is 5.22. The fourth-order valence-electron chi connectivity index (χ4n) is 4.64. The van der Waals surface area contributed by atoms with Gasteiger partial charge in [0, 0.05) is 11.1 Å². The van der Waals surface area contributed by atoms with Crippen molar-refractivity contribution in [2.24, 2.45) is 0 Å². The first-order valence-electron chi connectivity index (χ1n) is 11.0. The Morgan fingerprint density at radius 2 is 1.22 bits per heavy atom. The summed E-state index contributed by atoms with van der Waals surface area (Å²) in [6.45, 7) is 0. The highest BCUT2D eigenvalue weighted by Gasteiger charge is 2.51. The molecule has 0 saturated heterocycles. The summed E-state index contributed by atoms with van der Waals surface area (Å²) >= 11 is 0. The van der Waals surface area contributed by atoms with Crippen molar-refractivity contribution in [1.29, 1.82) is 0 Å². The summed E-state index contributed by atoms with van der Waals surface area (Å²) in [5.74, 6) is 0.916. The van der Waals surface area contributed by atoms with E-state index in [1.54, 1.807) is 24.3 Å². The number of rotatable bonds is 5. The molecular weight excluding hydrogens is 418 g/mol. The zero-order chi connectivity index (χ0) is 22.0. The zero-order valence-corrected chi connectivity index (χ0v) is 18.6. The monoisotopic (exact) mass is 443 g/mol. The molecular formula is C27H25NO3S. The van der Waals surface area contributed by atoms with Crippen LogP contribution < -0.4 is 0 Å². The molecule has 0 N–H and O–H groups in total. The molecule has 1 fully saturated rings. The van der Waals surface area contributed by atoms with Crippen molar-refractivity contribution in [2.75, 3.05) is 0 Å². The molecule has 1 heterocycles. The van der Waals surface area contributed by atoms with E-state index in [0.29, 0.717) is 35.1 Å². The van der Waals surface area contributed by atoms with Gasteiger partial charge in [-0.1, -0.05) is 98.1 Å². The maximum atomic E-state index is 14.0.